The third kappa shape index (κ3) is 4.62. The standard InChI is InChI=1S/C21H16FN5O2/c22-18-5-2-1-4-15(18)12-20(28)26-16-6-8-17(9-7-16)29-21-13-19(23-14-24-21)27-11-3-10-25-27/h1-11,13-14H,12H2,(H,26,28). The van der Waals surface area contributed by atoms with E-state index in [0.29, 0.717) is 28.7 Å². The molecule has 7 nitrogen and oxygen atoms in total. The summed E-state index contributed by atoms with van der Waals surface area (Å²) in [5, 5.41) is 6.85. The highest BCUT2D eigenvalue weighted by Gasteiger charge is 2.09. The number of ether oxygens (including phenoxy) is 1. The molecule has 1 N–H and O–H groups in total. The molecule has 0 aliphatic rings. The first kappa shape index (κ1) is 18.3. The zero-order valence-electron chi connectivity index (χ0n) is 15.2. The molecule has 8 heteroatoms. The molecular formula is C21H16FN5O2. The summed E-state index contributed by atoms with van der Waals surface area (Å²) >= 11 is 0. The molecule has 0 saturated carbocycles. The molecule has 1 amide bonds. The fourth-order valence-electron chi connectivity index (χ4n) is 2.66. The second-order valence-corrected chi connectivity index (χ2v) is 6.11. The summed E-state index contributed by atoms with van der Waals surface area (Å²) in [5.74, 6) is 0.787. The number of carbonyl (C=O) groups excluding carboxylic acids is 1. The van der Waals surface area contributed by atoms with Crippen LogP contribution < -0.4 is 10.1 Å². The van der Waals surface area contributed by atoms with Gasteiger partial charge in [0.25, 0.3) is 0 Å². The average molecular weight is 389 g/mol. The number of nitrogens with zero attached hydrogens (tertiary/aromatic N) is 4. The van der Waals surface area contributed by atoms with Crippen LogP contribution in [0.1, 0.15) is 5.56 Å². The molecule has 4 rings (SSSR count). The van der Waals surface area contributed by atoms with Crippen LogP contribution >= 0.6 is 0 Å². The number of halogens is 1. The van der Waals surface area contributed by atoms with Crippen molar-refractivity contribution in [1.29, 1.82) is 0 Å². The maximum Gasteiger partial charge on any atom is 0.228 e. The molecule has 2 aromatic heterocycles. The maximum absolute atomic E-state index is 13.7. The Balaban J connectivity index is 1.39. The molecule has 0 bridgehead atoms. The van der Waals surface area contributed by atoms with Gasteiger partial charge in [-0.3, -0.25) is 4.79 Å². The molecule has 0 fully saturated rings. The van der Waals surface area contributed by atoms with Gasteiger partial charge in [-0.1, -0.05) is 18.2 Å². The number of aromatic nitrogens is 4. The van der Waals surface area contributed by atoms with Crippen molar-refractivity contribution >= 4 is 11.6 Å². The molecule has 2 heterocycles. The summed E-state index contributed by atoms with van der Waals surface area (Å²) in [4.78, 5) is 20.4. The summed E-state index contributed by atoms with van der Waals surface area (Å²) in [5.41, 5.74) is 0.931. The van der Waals surface area contributed by atoms with Gasteiger partial charge in [0, 0.05) is 24.1 Å². The van der Waals surface area contributed by atoms with Crippen molar-refractivity contribution in [2.24, 2.45) is 0 Å². The van der Waals surface area contributed by atoms with Gasteiger partial charge in [-0.15, -0.1) is 0 Å². The second-order valence-electron chi connectivity index (χ2n) is 6.11. The van der Waals surface area contributed by atoms with Crippen molar-refractivity contribution in [2.45, 2.75) is 6.42 Å². The van der Waals surface area contributed by atoms with Gasteiger partial charge in [0.2, 0.25) is 11.8 Å². The lowest BCUT2D eigenvalue weighted by molar-refractivity contribution is -0.115. The number of benzene rings is 2. The first-order valence-electron chi connectivity index (χ1n) is 8.80. The van der Waals surface area contributed by atoms with Gasteiger partial charge >= 0.3 is 0 Å². The Bertz CT molecular complexity index is 1110. The number of anilines is 1. The first-order valence-corrected chi connectivity index (χ1v) is 8.80. The fourth-order valence-corrected chi connectivity index (χ4v) is 2.66. The van der Waals surface area contributed by atoms with Crippen LogP contribution in [-0.4, -0.2) is 25.7 Å². The quantitative estimate of drug-likeness (QED) is 0.543. The van der Waals surface area contributed by atoms with Crippen molar-refractivity contribution in [2.75, 3.05) is 5.32 Å². The molecule has 29 heavy (non-hydrogen) atoms. The Kier molecular flexibility index (Phi) is 5.24. The van der Waals surface area contributed by atoms with Crippen molar-refractivity contribution in [3.63, 3.8) is 0 Å². The third-order valence-electron chi connectivity index (χ3n) is 4.04. The van der Waals surface area contributed by atoms with E-state index in [4.69, 9.17) is 4.74 Å². The normalized spacial score (nSPS) is 10.5. The van der Waals surface area contributed by atoms with E-state index < -0.39 is 5.82 Å². The molecule has 0 unspecified atom stereocenters. The summed E-state index contributed by atoms with van der Waals surface area (Å²) in [6.07, 6.45) is 4.78. The number of amides is 1. The van der Waals surface area contributed by atoms with Crippen molar-refractivity contribution < 1.29 is 13.9 Å². The van der Waals surface area contributed by atoms with E-state index >= 15 is 0 Å². The van der Waals surface area contributed by atoms with Crippen molar-refractivity contribution in [3.8, 4) is 17.4 Å². The third-order valence-corrected chi connectivity index (χ3v) is 4.04. The number of rotatable bonds is 6. The number of nitrogens with one attached hydrogen (secondary N) is 1. The minimum absolute atomic E-state index is 0.0396. The predicted molar refractivity (Wildman–Crippen MR) is 104 cm³/mol. The van der Waals surface area contributed by atoms with Crippen LogP contribution in [0.5, 0.6) is 11.6 Å². The van der Waals surface area contributed by atoms with E-state index in [2.05, 4.69) is 20.4 Å². The lowest BCUT2D eigenvalue weighted by atomic mass is 10.1. The molecular weight excluding hydrogens is 373 g/mol. The zero-order valence-corrected chi connectivity index (χ0v) is 15.2. The lowest BCUT2D eigenvalue weighted by Gasteiger charge is -2.09. The summed E-state index contributed by atoms with van der Waals surface area (Å²) in [6.45, 7) is 0. The number of hydrogen-bond acceptors (Lipinski definition) is 5. The highest BCUT2D eigenvalue weighted by atomic mass is 19.1. The number of carbonyl (C=O) groups is 1. The van der Waals surface area contributed by atoms with Crippen molar-refractivity contribution in [3.05, 3.63) is 90.8 Å². The molecule has 0 atom stereocenters. The van der Waals surface area contributed by atoms with Crippen LogP contribution in [0.2, 0.25) is 0 Å². The van der Waals surface area contributed by atoms with E-state index in [-0.39, 0.29) is 12.3 Å². The van der Waals surface area contributed by atoms with Gasteiger partial charge in [0.05, 0.1) is 6.42 Å². The van der Waals surface area contributed by atoms with Crippen LogP contribution in [0.4, 0.5) is 10.1 Å². The summed E-state index contributed by atoms with van der Waals surface area (Å²) < 4.78 is 21.0. The molecule has 2 aromatic carbocycles. The topological polar surface area (TPSA) is 81.9 Å². The van der Waals surface area contributed by atoms with Crippen LogP contribution in [0.3, 0.4) is 0 Å². The number of hydrogen-bond donors (Lipinski definition) is 1. The highest BCUT2D eigenvalue weighted by molar-refractivity contribution is 5.92. The van der Waals surface area contributed by atoms with E-state index in [1.54, 1.807) is 71.7 Å². The smallest absolute Gasteiger partial charge is 0.228 e. The monoisotopic (exact) mass is 389 g/mol. The molecule has 144 valence electrons. The Morgan fingerprint density at radius 3 is 2.66 bits per heavy atom. The lowest BCUT2D eigenvalue weighted by Crippen LogP contribution is -2.15. The second kappa shape index (κ2) is 8.30. The molecule has 0 aliphatic carbocycles. The molecule has 0 saturated heterocycles. The minimum Gasteiger partial charge on any atom is -0.439 e. The summed E-state index contributed by atoms with van der Waals surface area (Å²) in [7, 11) is 0. The molecule has 0 radical (unpaired) electrons. The Morgan fingerprint density at radius 1 is 1.07 bits per heavy atom. The Morgan fingerprint density at radius 2 is 1.90 bits per heavy atom. The largest absolute Gasteiger partial charge is 0.439 e. The van der Waals surface area contributed by atoms with Crippen LogP contribution in [0.25, 0.3) is 5.82 Å². The van der Waals surface area contributed by atoms with Crippen LogP contribution in [-0.2, 0) is 11.2 Å². The van der Waals surface area contributed by atoms with Crippen molar-refractivity contribution in [1.82, 2.24) is 19.7 Å². The van der Waals surface area contributed by atoms with Gasteiger partial charge in [-0.2, -0.15) is 5.10 Å². The predicted octanol–water partition coefficient (Wildman–Crippen LogP) is 3.77. The van der Waals surface area contributed by atoms with Gasteiger partial charge < -0.3 is 10.1 Å². The average Bonchev–Trinajstić information content (AvgIpc) is 3.26. The van der Waals surface area contributed by atoms with Crippen LogP contribution in [0, 0.1) is 5.82 Å². The molecule has 4 aromatic rings. The van der Waals surface area contributed by atoms with E-state index in [0.717, 1.165) is 0 Å². The zero-order chi connectivity index (χ0) is 20.1. The summed E-state index contributed by atoms with van der Waals surface area (Å²) in [6, 6.07) is 16.5. The maximum atomic E-state index is 13.7. The van der Waals surface area contributed by atoms with Crippen LogP contribution in [0.15, 0.2) is 79.4 Å². The van der Waals surface area contributed by atoms with Gasteiger partial charge in [-0.05, 0) is 42.0 Å². The van der Waals surface area contributed by atoms with E-state index in [1.165, 1.54) is 12.4 Å². The minimum atomic E-state index is -0.397. The molecule has 0 spiro atoms. The highest BCUT2D eigenvalue weighted by Crippen LogP contribution is 2.22. The fraction of sp³-hybridized carbons (Fsp3) is 0.0476. The Labute approximate surface area is 165 Å². The van der Waals surface area contributed by atoms with Gasteiger partial charge in [0.1, 0.15) is 17.9 Å². The van der Waals surface area contributed by atoms with E-state index in [9.17, 15) is 9.18 Å². The molecule has 0 aliphatic heterocycles. The van der Waals surface area contributed by atoms with Gasteiger partial charge in [0.15, 0.2) is 5.82 Å². The Hall–Kier alpha value is -4.07. The van der Waals surface area contributed by atoms with Gasteiger partial charge in [-0.25, -0.2) is 19.0 Å². The van der Waals surface area contributed by atoms with E-state index in [1.807, 2.05) is 0 Å². The SMILES string of the molecule is O=C(Cc1ccccc1F)Nc1ccc(Oc2cc(-n3cccn3)ncn2)cc1. The first-order chi connectivity index (χ1) is 14.2.